The molecule has 0 aliphatic rings. The third-order valence-electron chi connectivity index (χ3n) is 3.93. The summed E-state index contributed by atoms with van der Waals surface area (Å²) >= 11 is 0. The molecule has 0 unspecified atom stereocenters. The lowest BCUT2D eigenvalue weighted by molar-refractivity contribution is -0.384. The van der Waals surface area contributed by atoms with Crippen molar-refractivity contribution in [2.75, 3.05) is 17.2 Å². The normalized spacial score (nSPS) is 11.0. The molecule has 1 amide bonds. The standard InChI is InChI=1S/C20H20N4O5/c1-14(20(26)23-16-10-8-15(13-21)9-11-16)29-19(25)7-4-12-22-17-5-2-3-6-18(17)24(27)28/h2-3,5-6,8-11,14,22H,4,7,12H2,1H3,(H,23,26)/t14-/m1/s1. The van der Waals surface area contributed by atoms with Crippen molar-refractivity contribution < 1.29 is 19.2 Å². The molecule has 0 radical (unpaired) electrons. The number of amides is 1. The van der Waals surface area contributed by atoms with E-state index < -0.39 is 22.9 Å². The first-order valence-electron chi connectivity index (χ1n) is 8.88. The van der Waals surface area contributed by atoms with Crippen molar-refractivity contribution in [1.29, 1.82) is 5.26 Å². The summed E-state index contributed by atoms with van der Waals surface area (Å²) in [6.45, 7) is 1.80. The minimum atomic E-state index is -0.985. The number of rotatable bonds is 9. The quantitative estimate of drug-likeness (QED) is 0.287. The Balaban J connectivity index is 1.73. The number of anilines is 2. The van der Waals surface area contributed by atoms with Gasteiger partial charge in [-0.2, -0.15) is 5.26 Å². The minimum Gasteiger partial charge on any atom is -0.453 e. The van der Waals surface area contributed by atoms with Crippen LogP contribution in [0.25, 0.3) is 0 Å². The van der Waals surface area contributed by atoms with Crippen LogP contribution in [0.5, 0.6) is 0 Å². The molecule has 0 aromatic heterocycles. The van der Waals surface area contributed by atoms with Crippen LogP contribution in [0.1, 0.15) is 25.3 Å². The predicted octanol–water partition coefficient (Wildman–Crippen LogP) is 3.23. The van der Waals surface area contributed by atoms with Crippen LogP contribution in [-0.4, -0.2) is 29.4 Å². The lowest BCUT2D eigenvalue weighted by atomic mass is 10.2. The topological polar surface area (TPSA) is 134 Å². The molecule has 0 heterocycles. The highest BCUT2D eigenvalue weighted by Gasteiger charge is 2.18. The van der Waals surface area contributed by atoms with Crippen LogP contribution in [0, 0.1) is 21.4 Å². The highest BCUT2D eigenvalue weighted by atomic mass is 16.6. The molecule has 2 aromatic carbocycles. The number of nitrogens with zero attached hydrogens (tertiary/aromatic N) is 2. The first kappa shape index (κ1) is 21.4. The van der Waals surface area contributed by atoms with Gasteiger partial charge >= 0.3 is 5.97 Å². The zero-order valence-electron chi connectivity index (χ0n) is 15.8. The van der Waals surface area contributed by atoms with Gasteiger partial charge in [-0.3, -0.25) is 19.7 Å². The third-order valence-corrected chi connectivity index (χ3v) is 3.93. The monoisotopic (exact) mass is 396 g/mol. The second kappa shape index (κ2) is 10.4. The number of nitriles is 1. The molecule has 1 atom stereocenters. The van der Waals surface area contributed by atoms with Crippen LogP contribution in [0.15, 0.2) is 48.5 Å². The summed E-state index contributed by atoms with van der Waals surface area (Å²) in [7, 11) is 0. The van der Waals surface area contributed by atoms with E-state index in [0.717, 1.165) is 0 Å². The lowest BCUT2D eigenvalue weighted by Crippen LogP contribution is -2.30. The van der Waals surface area contributed by atoms with Gasteiger partial charge in [0.05, 0.1) is 16.6 Å². The third kappa shape index (κ3) is 6.62. The van der Waals surface area contributed by atoms with E-state index in [9.17, 15) is 19.7 Å². The molecule has 0 fully saturated rings. The number of carbonyl (C=O) groups excluding carboxylic acids is 2. The van der Waals surface area contributed by atoms with Gasteiger partial charge in [-0.05, 0) is 43.7 Å². The number of nitrogens with one attached hydrogen (secondary N) is 2. The number of para-hydroxylation sites is 2. The molecule has 2 N–H and O–H groups in total. The first-order valence-corrected chi connectivity index (χ1v) is 8.88. The summed E-state index contributed by atoms with van der Waals surface area (Å²) in [4.78, 5) is 34.5. The van der Waals surface area contributed by atoms with Gasteiger partial charge in [0.15, 0.2) is 6.10 Å². The maximum Gasteiger partial charge on any atom is 0.306 e. The molecule has 0 aliphatic heterocycles. The van der Waals surface area contributed by atoms with Crippen molar-refractivity contribution in [3.63, 3.8) is 0 Å². The molecule has 0 spiro atoms. The number of benzene rings is 2. The number of esters is 1. The van der Waals surface area contributed by atoms with E-state index in [2.05, 4.69) is 10.6 Å². The number of nitro benzene ring substituents is 1. The number of hydrogen-bond donors (Lipinski definition) is 2. The Labute approximate surface area is 167 Å². The molecule has 2 aromatic rings. The van der Waals surface area contributed by atoms with Gasteiger partial charge in [-0.1, -0.05) is 12.1 Å². The van der Waals surface area contributed by atoms with Crippen molar-refractivity contribution in [2.45, 2.75) is 25.9 Å². The largest absolute Gasteiger partial charge is 0.453 e. The Hall–Kier alpha value is -3.93. The maximum atomic E-state index is 12.1. The van der Waals surface area contributed by atoms with Crippen LogP contribution in [-0.2, 0) is 14.3 Å². The van der Waals surface area contributed by atoms with E-state index in [0.29, 0.717) is 29.9 Å². The van der Waals surface area contributed by atoms with Crippen LogP contribution in [0.4, 0.5) is 17.1 Å². The second-order valence-corrected chi connectivity index (χ2v) is 6.12. The fourth-order valence-electron chi connectivity index (χ4n) is 2.42. The molecule has 0 saturated carbocycles. The van der Waals surface area contributed by atoms with Crippen molar-refractivity contribution >= 4 is 28.9 Å². The molecule has 150 valence electrons. The van der Waals surface area contributed by atoms with Crippen molar-refractivity contribution in [3.05, 3.63) is 64.2 Å². The summed E-state index contributed by atoms with van der Waals surface area (Å²) in [5, 5.41) is 25.2. The summed E-state index contributed by atoms with van der Waals surface area (Å²) in [6.07, 6.45) is -0.543. The molecule has 9 heteroatoms. The summed E-state index contributed by atoms with van der Waals surface area (Å²) in [6, 6.07) is 14.5. The van der Waals surface area contributed by atoms with Gasteiger partial charge in [0, 0.05) is 24.7 Å². The average Bonchev–Trinajstić information content (AvgIpc) is 2.71. The van der Waals surface area contributed by atoms with E-state index in [-0.39, 0.29) is 12.1 Å². The predicted molar refractivity (Wildman–Crippen MR) is 106 cm³/mol. The van der Waals surface area contributed by atoms with Gasteiger partial charge in [0.25, 0.3) is 11.6 Å². The molecule has 0 bridgehead atoms. The van der Waals surface area contributed by atoms with Crippen molar-refractivity contribution in [2.24, 2.45) is 0 Å². The van der Waals surface area contributed by atoms with E-state index in [4.69, 9.17) is 10.00 Å². The molecular weight excluding hydrogens is 376 g/mol. The highest BCUT2D eigenvalue weighted by Crippen LogP contribution is 2.23. The van der Waals surface area contributed by atoms with Crippen LogP contribution in [0.3, 0.4) is 0 Å². The summed E-state index contributed by atoms with van der Waals surface area (Å²) in [5.41, 5.74) is 1.30. The number of hydrogen-bond acceptors (Lipinski definition) is 7. The zero-order valence-corrected chi connectivity index (χ0v) is 15.8. The maximum absolute atomic E-state index is 12.1. The fourth-order valence-corrected chi connectivity index (χ4v) is 2.42. The fraction of sp³-hybridized carbons (Fsp3) is 0.250. The Morgan fingerprint density at radius 1 is 1.21 bits per heavy atom. The SMILES string of the molecule is C[C@@H](OC(=O)CCCNc1ccccc1[N+](=O)[O-])C(=O)Nc1ccc(C#N)cc1. The number of nitro groups is 1. The van der Waals surface area contributed by atoms with Gasteiger partial charge in [-0.25, -0.2) is 0 Å². The van der Waals surface area contributed by atoms with Gasteiger partial charge in [-0.15, -0.1) is 0 Å². The van der Waals surface area contributed by atoms with E-state index in [1.54, 1.807) is 42.5 Å². The number of ether oxygens (including phenoxy) is 1. The van der Waals surface area contributed by atoms with Gasteiger partial charge in [0.1, 0.15) is 5.69 Å². The Morgan fingerprint density at radius 3 is 2.55 bits per heavy atom. The van der Waals surface area contributed by atoms with Crippen LogP contribution in [0.2, 0.25) is 0 Å². The van der Waals surface area contributed by atoms with E-state index in [1.165, 1.54) is 13.0 Å². The van der Waals surface area contributed by atoms with Gasteiger partial charge in [0.2, 0.25) is 0 Å². The smallest absolute Gasteiger partial charge is 0.306 e. The number of carbonyl (C=O) groups is 2. The average molecular weight is 396 g/mol. The summed E-state index contributed by atoms with van der Waals surface area (Å²) < 4.78 is 5.10. The highest BCUT2D eigenvalue weighted by molar-refractivity contribution is 5.95. The molecule has 29 heavy (non-hydrogen) atoms. The molecule has 0 aliphatic carbocycles. The van der Waals surface area contributed by atoms with Crippen molar-refractivity contribution in [1.82, 2.24) is 0 Å². The minimum absolute atomic E-state index is 0.0387. The van der Waals surface area contributed by atoms with E-state index >= 15 is 0 Å². The first-order chi connectivity index (χ1) is 13.9. The lowest BCUT2D eigenvalue weighted by Gasteiger charge is -2.14. The molecule has 2 rings (SSSR count). The Morgan fingerprint density at radius 2 is 1.90 bits per heavy atom. The molecular formula is C20H20N4O5. The zero-order chi connectivity index (χ0) is 21.2. The molecule has 0 saturated heterocycles. The summed E-state index contributed by atoms with van der Waals surface area (Å²) in [5.74, 6) is -1.03. The van der Waals surface area contributed by atoms with Gasteiger partial charge < -0.3 is 15.4 Å². The second-order valence-electron chi connectivity index (χ2n) is 6.12. The van der Waals surface area contributed by atoms with Crippen LogP contribution < -0.4 is 10.6 Å². The Kier molecular flexibility index (Phi) is 7.68. The Bertz CT molecular complexity index is 921. The van der Waals surface area contributed by atoms with Crippen LogP contribution >= 0.6 is 0 Å². The van der Waals surface area contributed by atoms with Crippen molar-refractivity contribution in [3.8, 4) is 6.07 Å². The molecule has 9 nitrogen and oxygen atoms in total. The van der Waals surface area contributed by atoms with E-state index in [1.807, 2.05) is 6.07 Å².